The van der Waals surface area contributed by atoms with Gasteiger partial charge in [0, 0.05) is 18.3 Å². The first-order valence-corrected chi connectivity index (χ1v) is 4.07. The monoisotopic (exact) mass is 190 g/mol. The predicted octanol–water partition coefficient (Wildman–Crippen LogP) is 0.302. The van der Waals surface area contributed by atoms with E-state index in [1.54, 1.807) is 0 Å². The Kier molecular flexibility index (Phi) is 2.39. The molecule has 2 N–H and O–H groups in total. The molecule has 0 bridgehead atoms. The molecule has 0 saturated heterocycles. The second kappa shape index (κ2) is 4.58. The van der Waals surface area contributed by atoms with Crippen LogP contribution in [0.1, 0.15) is 23.3 Å². The zero-order valence-electron chi connectivity index (χ0n) is 10.8. The highest BCUT2D eigenvalue weighted by Gasteiger charge is 2.37. The van der Waals surface area contributed by atoms with E-state index < -0.39 is 43.2 Å². The molecule has 1 aliphatic carbocycles. The summed E-state index contributed by atoms with van der Waals surface area (Å²) in [7, 11) is 2.73. The predicted molar refractivity (Wildman–Crippen MR) is 48.1 cm³/mol. The summed E-state index contributed by atoms with van der Waals surface area (Å²) >= 11 is 0. The summed E-state index contributed by atoms with van der Waals surface area (Å²) in [6.45, 7) is 0. The molecule has 0 heterocycles. The van der Waals surface area contributed by atoms with Crippen LogP contribution in [0.2, 0.25) is 0 Å². The van der Waals surface area contributed by atoms with Gasteiger partial charge in [-0.1, -0.05) is 0 Å². The quantitative estimate of drug-likeness (QED) is 0.696. The third-order valence-electron chi connectivity index (χ3n) is 2.18. The van der Waals surface area contributed by atoms with Crippen LogP contribution in [0, 0.1) is 5.92 Å². The zero-order chi connectivity index (χ0) is 12.5. The molecule has 0 aromatic rings. The Bertz CT molecular complexity index is 248. The minimum absolute atomic E-state index is 0.653. The molecule has 4 nitrogen and oxygen atoms in total. The molecular formula is C9H17NO3. The van der Waals surface area contributed by atoms with Gasteiger partial charge in [0.15, 0.2) is 0 Å². The number of hydrogen-bond acceptors (Lipinski definition) is 3. The lowest BCUT2D eigenvalue weighted by Crippen LogP contribution is -2.46. The first-order valence-electron chi connectivity index (χ1n) is 5.80. The summed E-state index contributed by atoms with van der Waals surface area (Å²) in [5.74, 6) is -1.50. The first-order chi connectivity index (χ1) is 7.45. The maximum atomic E-state index is 11.3. The first kappa shape index (κ1) is 6.79. The van der Waals surface area contributed by atoms with Crippen molar-refractivity contribution in [1.29, 1.82) is 0 Å². The third kappa shape index (κ3) is 2.19. The maximum absolute atomic E-state index is 11.3. The number of nitrogens with two attached hydrogens (primary N) is 1. The highest BCUT2D eigenvalue weighted by molar-refractivity contribution is 5.78. The van der Waals surface area contributed by atoms with Gasteiger partial charge in [0.05, 0.1) is 18.1 Å². The number of hydrogen-bond donors (Lipinski definition) is 1. The average molecular weight is 190 g/mol. The van der Waals surface area contributed by atoms with Gasteiger partial charge in [0.1, 0.15) is 0 Å². The molecule has 76 valence electrons. The van der Waals surface area contributed by atoms with Gasteiger partial charge in [-0.3, -0.25) is 4.79 Å². The Morgan fingerprint density at radius 2 is 1.85 bits per heavy atom. The van der Waals surface area contributed by atoms with Crippen molar-refractivity contribution in [2.45, 2.75) is 31.4 Å². The van der Waals surface area contributed by atoms with Crippen LogP contribution in [0.25, 0.3) is 0 Å². The van der Waals surface area contributed by atoms with Crippen molar-refractivity contribution in [1.82, 2.24) is 0 Å². The van der Waals surface area contributed by atoms with Crippen LogP contribution in [-0.2, 0) is 14.3 Å². The molecule has 1 rings (SSSR count). The van der Waals surface area contributed by atoms with E-state index in [1.807, 2.05) is 0 Å². The van der Waals surface area contributed by atoms with E-state index in [0.29, 0.717) is 0 Å². The molecule has 1 amide bonds. The van der Waals surface area contributed by atoms with Gasteiger partial charge in [-0.25, -0.2) is 0 Å². The van der Waals surface area contributed by atoms with E-state index in [2.05, 4.69) is 0 Å². The molecule has 1 saturated carbocycles. The van der Waals surface area contributed by atoms with E-state index in [9.17, 15) is 4.79 Å². The molecule has 0 aliphatic heterocycles. The number of methoxy groups -OCH3 is 2. The summed E-state index contributed by atoms with van der Waals surface area (Å²) in [5.41, 5.74) is 5.24. The fourth-order valence-electron chi connectivity index (χ4n) is 1.48. The maximum Gasteiger partial charge on any atom is 0.225 e. The summed E-state index contributed by atoms with van der Waals surface area (Å²) in [5, 5.41) is 0. The SMILES string of the molecule is [2H]C1C([2H])C(OC)C(C(N)=O)C(OC)C1[2H]. The Morgan fingerprint density at radius 1 is 1.38 bits per heavy atom. The molecule has 1 aliphatic rings. The van der Waals surface area contributed by atoms with Gasteiger partial charge < -0.3 is 15.2 Å². The molecular weight excluding hydrogens is 170 g/mol. The van der Waals surface area contributed by atoms with Crippen LogP contribution in [0.15, 0.2) is 0 Å². The molecule has 1 fully saturated rings. The van der Waals surface area contributed by atoms with Gasteiger partial charge in [-0.15, -0.1) is 0 Å². The highest BCUT2D eigenvalue weighted by Crippen LogP contribution is 2.28. The van der Waals surface area contributed by atoms with Crippen LogP contribution in [0.3, 0.4) is 0 Å². The van der Waals surface area contributed by atoms with Crippen LogP contribution in [-0.4, -0.2) is 32.3 Å². The molecule has 4 atom stereocenters. The van der Waals surface area contributed by atoms with Gasteiger partial charge in [0.2, 0.25) is 5.91 Å². The minimum atomic E-state index is -0.967. The second-order valence-corrected chi connectivity index (χ2v) is 2.91. The lowest BCUT2D eigenvalue weighted by atomic mass is 9.83. The molecule has 0 radical (unpaired) electrons. The number of primary amides is 1. The van der Waals surface area contributed by atoms with E-state index in [4.69, 9.17) is 19.3 Å². The number of ether oxygens (including phenoxy) is 2. The molecule has 0 aromatic carbocycles. The standard InChI is InChI=1S/C9H17NO3/c1-12-6-4-3-5-7(13-2)8(6)9(10)11/h6-8H,3-5H2,1-2H3,(H2,10,11)/i3D,4D,5D. The van der Waals surface area contributed by atoms with Gasteiger partial charge >= 0.3 is 0 Å². The Morgan fingerprint density at radius 3 is 2.15 bits per heavy atom. The van der Waals surface area contributed by atoms with Crippen molar-refractivity contribution in [3.63, 3.8) is 0 Å². The molecule has 4 heteroatoms. The van der Waals surface area contributed by atoms with Crippen molar-refractivity contribution in [3.05, 3.63) is 0 Å². The Labute approximate surface area is 82.6 Å². The van der Waals surface area contributed by atoms with Gasteiger partial charge in [0.25, 0.3) is 0 Å². The molecule has 4 unspecified atom stereocenters. The van der Waals surface area contributed by atoms with Crippen LogP contribution < -0.4 is 5.73 Å². The minimum Gasteiger partial charge on any atom is -0.381 e. The summed E-state index contributed by atoms with van der Waals surface area (Å²) in [4.78, 5) is 11.3. The molecule has 13 heavy (non-hydrogen) atoms. The fraction of sp³-hybridized carbons (Fsp3) is 0.889. The lowest BCUT2D eigenvalue weighted by Gasteiger charge is -2.34. The summed E-state index contributed by atoms with van der Waals surface area (Å²) in [6.07, 6.45) is -4.46. The van der Waals surface area contributed by atoms with Crippen LogP contribution >= 0.6 is 0 Å². The molecule has 0 aromatic heterocycles. The number of carbonyl (C=O) groups is 1. The van der Waals surface area contributed by atoms with E-state index in [-0.39, 0.29) is 0 Å². The van der Waals surface area contributed by atoms with E-state index in [0.717, 1.165) is 0 Å². The zero-order valence-corrected chi connectivity index (χ0v) is 7.77. The van der Waals surface area contributed by atoms with Crippen molar-refractivity contribution in [2.75, 3.05) is 14.2 Å². The molecule has 0 spiro atoms. The Balaban J connectivity index is 3.03. The lowest BCUT2D eigenvalue weighted by molar-refractivity contribution is -0.137. The Hall–Kier alpha value is -0.610. The van der Waals surface area contributed by atoms with E-state index >= 15 is 0 Å². The van der Waals surface area contributed by atoms with E-state index in [1.165, 1.54) is 14.2 Å². The third-order valence-corrected chi connectivity index (χ3v) is 2.18. The van der Waals surface area contributed by atoms with Crippen molar-refractivity contribution < 1.29 is 18.4 Å². The number of rotatable bonds is 3. The summed E-state index contributed by atoms with van der Waals surface area (Å²) < 4.78 is 33.3. The number of amides is 1. The normalized spacial score (nSPS) is 54.8. The van der Waals surface area contributed by atoms with Crippen LogP contribution in [0.4, 0.5) is 0 Å². The van der Waals surface area contributed by atoms with Crippen molar-refractivity contribution in [2.24, 2.45) is 11.7 Å². The highest BCUT2D eigenvalue weighted by atomic mass is 16.5. The fourth-order valence-corrected chi connectivity index (χ4v) is 1.48. The largest absolute Gasteiger partial charge is 0.381 e. The topological polar surface area (TPSA) is 61.5 Å². The number of carbonyl (C=O) groups excluding carboxylic acids is 1. The van der Waals surface area contributed by atoms with Crippen molar-refractivity contribution >= 4 is 5.91 Å². The van der Waals surface area contributed by atoms with Gasteiger partial charge in [-0.2, -0.15) is 0 Å². The van der Waals surface area contributed by atoms with Crippen molar-refractivity contribution in [3.8, 4) is 0 Å². The summed E-state index contributed by atoms with van der Waals surface area (Å²) in [6, 6.07) is 0. The van der Waals surface area contributed by atoms with Gasteiger partial charge in [-0.05, 0) is 19.2 Å². The van der Waals surface area contributed by atoms with Crippen LogP contribution in [0.5, 0.6) is 0 Å². The smallest absolute Gasteiger partial charge is 0.225 e. The average Bonchev–Trinajstić information content (AvgIpc) is 2.25. The second-order valence-electron chi connectivity index (χ2n) is 2.91.